The Labute approximate surface area is 104 Å². The molecule has 1 atom stereocenters. The number of carbonyl (C=O) groups is 4. The van der Waals surface area contributed by atoms with Crippen molar-refractivity contribution in [3.8, 4) is 0 Å². The van der Waals surface area contributed by atoms with Gasteiger partial charge in [-0.05, 0) is 6.92 Å². The molecule has 8 heteroatoms. The molecule has 0 aromatic heterocycles. The molecule has 0 aromatic carbocycles. The molecule has 0 radical (unpaired) electrons. The van der Waals surface area contributed by atoms with Crippen LogP contribution in [0.15, 0.2) is 0 Å². The molecule has 0 aliphatic carbocycles. The lowest BCUT2D eigenvalue weighted by atomic mass is 10.3. The molecule has 0 aliphatic heterocycles. The molecule has 0 aromatic rings. The van der Waals surface area contributed by atoms with E-state index in [2.05, 4.69) is 20.7 Å². The van der Waals surface area contributed by atoms with Crippen molar-refractivity contribution in [2.75, 3.05) is 20.2 Å². The minimum Gasteiger partial charge on any atom is -0.468 e. The van der Waals surface area contributed by atoms with Crippen LogP contribution in [0.5, 0.6) is 0 Å². The molecule has 0 aliphatic rings. The van der Waals surface area contributed by atoms with Crippen LogP contribution in [0.25, 0.3) is 0 Å². The summed E-state index contributed by atoms with van der Waals surface area (Å²) in [6, 6.07) is -0.809. The van der Waals surface area contributed by atoms with Gasteiger partial charge in [-0.2, -0.15) is 0 Å². The number of amides is 3. The van der Waals surface area contributed by atoms with Crippen molar-refractivity contribution in [3.63, 3.8) is 0 Å². The SMILES string of the molecule is COC(=O)CNC(=O)[C@H](C)NC(=O)CNC(C)=O. The Hall–Kier alpha value is -2.12. The van der Waals surface area contributed by atoms with E-state index in [1.807, 2.05) is 0 Å². The first-order valence-corrected chi connectivity index (χ1v) is 5.25. The molecule has 0 bridgehead atoms. The molecule has 0 spiro atoms. The molecule has 3 amide bonds. The van der Waals surface area contributed by atoms with Gasteiger partial charge in [-0.3, -0.25) is 19.2 Å². The fourth-order valence-electron chi connectivity index (χ4n) is 0.947. The third-order valence-electron chi connectivity index (χ3n) is 1.90. The van der Waals surface area contributed by atoms with Gasteiger partial charge in [-0.15, -0.1) is 0 Å². The predicted octanol–water partition coefficient (Wildman–Crippen LogP) is -2.08. The van der Waals surface area contributed by atoms with Gasteiger partial charge in [0.1, 0.15) is 12.6 Å². The average molecular weight is 259 g/mol. The van der Waals surface area contributed by atoms with Crippen LogP contribution in [0.3, 0.4) is 0 Å². The average Bonchev–Trinajstić information content (AvgIpc) is 2.32. The first kappa shape index (κ1) is 15.9. The van der Waals surface area contributed by atoms with Crippen molar-refractivity contribution in [3.05, 3.63) is 0 Å². The second-order valence-corrected chi connectivity index (χ2v) is 3.49. The van der Waals surface area contributed by atoms with E-state index in [1.165, 1.54) is 21.0 Å². The molecule has 3 N–H and O–H groups in total. The largest absolute Gasteiger partial charge is 0.468 e. The number of hydrogen-bond donors (Lipinski definition) is 3. The third kappa shape index (κ3) is 7.20. The summed E-state index contributed by atoms with van der Waals surface area (Å²) >= 11 is 0. The molecule has 102 valence electrons. The van der Waals surface area contributed by atoms with Crippen LogP contribution >= 0.6 is 0 Å². The van der Waals surface area contributed by atoms with Crippen LogP contribution < -0.4 is 16.0 Å². The molecule has 0 saturated heterocycles. The van der Waals surface area contributed by atoms with Crippen molar-refractivity contribution in [1.29, 1.82) is 0 Å². The Balaban J connectivity index is 3.96. The zero-order valence-electron chi connectivity index (χ0n) is 10.5. The molecule has 0 heterocycles. The number of carbonyl (C=O) groups excluding carboxylic acids is 4. The van der Waals surface area contributed by atoms with Crippen molar-refractivity contribution < 1.29 is 23.9 Å². The lowest BCUT2D eigenvalue weighted by Crippen LogP contribution is -2.48. The summed E-state index contributed by atoms with van der Waals surface area (Å²) in [4.78, 5) is 44.0. The van der Waals surface area contributed by atoms with Gasteiger partial charge >= 0.3 is 5.97 Å². The number of nitrogens with one attached hydrogen (secondary N) is 3. The van der Waals surface area contributed by atoms with E-state index in [1.54, 1.807) is 0 Å². The van der Waals surface area contributed by atoms with Gasteiger partial charge in [-0.25, -0.2) is 0 Å². The van der Waals surface area contributed by atoms with Crippen LogP contribution in [0.1, 0.15) is 13.8 Å². The third-order valence-corrected chi connectivity index (χ3v) is 1.90. The molecule has 8 nitrogen and oxygen atoms in total. The second kappa shape index (κ2) is 8.04. The van der Waals surface area contributed by atoms with Gasteiger partial charge in [0.05, 0.1) is 13.7 Å². The van der Waals surface area contributed by atoms with E-state index < -0.39 is 23.8 Å². The Kier molecular flexibility index (Phi) is 7.10. The maximum atomic E-state index is 11.4. The van der Waals surface area contributed by atoms with Gasteiger partial charge < -0.3 is 20.7 Å². The van der Waals surface area contributed by atoms with Crippen LogP contribution in [0.4, 0.5) is 0 Å². The van der Waals surface area contributed by atoms with Crippen molar-refractivity contribution in [2.24, 2.45) is 0 Å². The standard InChI is InChI=1S/C10H17N3O5/c1-6(10(17)12-5-9(16)18-3)13-8(15)4-11-7(2)14/h6H,4-5H2,1-3H3,(H,11,14)(H,12,17)(H,13,15)/t6-/m0/s1. The first-order chi connectivity index (χ1) is 8.36. The quantitative estimate of drug-likeness (QED) is 0.474. The van der Waals surface area contributed by atoms with Gasteiger partial charge in [0.25, 0.3) is 0 Å². The van der Waals surface area contributed by atoms with E-state index in [4.69, 9.17) is 0 Å². The highest BCUT2D eigenvalue weighted by Crippen LogP contribution is 1.82. The topological polar surface area (TPSA) is 114 Å². The van der Waals surface area contributed by atoms with E-state index in [0.29, 0.717) is 0 Å². The summed E-state index contributed by atoms with van der Waals surface area (Å²) < 4.78 is 4.34. The fraction of sp³-hybridized carbons (Fsp3) is 0.600. The molecular weight excluding hydrogens is 242 g/mol. The van der Waals surface area contributed by atoms with Crippen LogP contribution in [0, 0.1) is 0 Å². The molecule has 0 rings (SSSR count). The summed E-state index contributed by atoms with van der Waals surface area (Å²) in [5.41, 5.74) is 0. The molecule has 0 saturated carbocycles. The van der Waals surface area contributed by atoms with Crippen molar-refractivity contribution in [2.45, 2.75) is 19.9 Å². The number of ether oxygens (including phenoxy) is 1. The smallest absolute Gasteiger partial charge is 0.325 e. The van der Waals surface area contributed by atoms with E-state index in [9.17, 15) is 19.2 Å². The highest BCUT2D eigenvalue weighted by molar-refractivity contribution is 5.90. The highest BCUT2D eigenvalue weighted by Gasteiger charge is 2.16. The normalized spacial score (nSPS) is 11.1. The number of hydrogen-bond acceptors (Lipinski definition) is 5. The van der Waals surface area contributed by atoms with Gasteiger partial charge in [0.15, 0.2) is 0 Å². The minimum atomic E-state index is -0.809. The maximum Gasteiger partial charge on any atom is 0.325 e. The van der Waals surface area contributed by atoms with Gasteiger partial charge in [0, 0.05) is 6.92 Å². The maximum absolute atomic E-state index is 11.4. The van der Waals surface area contributed by atoms with Gasteiger partial charge in [-0.1, -0.05) is 0 Å². The van der Waals surface area contributed by atoms with Crippen LogP contribution in [-0.2, 0) is 23.9 Å². The molecular formula is C10H17N3O5. The van der Waals surface area contributed by atoms with E-state index >= 15 is 0 Å². The van der Waals surface area contributed by atoms with Gasteiger partial charge in [0.2, 0.25) is 17.7 Å². The predicted molar refractivity (Wildman–Crippen MR) is 61.3 cm³/mol. The Morgan fingerprint density at radius 1 is 1.11 bits per heavy atom. The van der Waals surface area contributed by atoms with E-state index in [0.717, 1.165) is 0 Å². The Morgan fingerprint density at radius 3 is 2.22 bits per heavy atom. The number of rotatable bonds is 6. The highest BCUT2D eigenvalue weighted by atomic mass is 16.5. The van der Waals surface area contributed by atoms with Crippen LogP contribution in [0.2, 0.25) is 0 Å². The molecule has 18 heavy (non-hydrogen) atoms. The first-order valence-electron chi connectivity index (χ1n) is 5.25. The summed E-state index contributed by atoms with van der Waals surface area (Å²) in [7, 11) is 1.20. The zero-order chi connectivity index (χ0) is 14.1. The fourth-order valence-corrected chi connectivity index (χ4v) is 0.947. The Morgan fingerprint density at radius 2 is 1.72 bits per heavy atom. The minimum absolute atomic E-state index is 0.204. The molecule has 0 unspecified atom stereocenters. The van der Waals surface area contributed by atoms with Crippen LogP contribution in [-0.4, -0.2) is 49.9 Å². The molecule has 0 fully saturated rings. The van der Waals surface area contributed by atoms with E-state index in [-0.39, 0.29) is 19.0 Å². The van der Waals surface area contributed by atoms with Crippen molar-refractivity contribution >= 4 is 23.7 Å². The zero-order valence-corrected chi connectivity index (χ0v) is 10.5. The lowest BCUT2D eigenvalue weighted by Gasteiger charge is -2.13. The summed E-state index contributed by atoms with van der Waals surface area (Å²) in [6.45, 7) is 2.27. The Bertz CT molecular complexity index is 342. The lowest BCUT2D eigenvalue weighted by molar-refractivity contribution is -0.141. The second-order valence-electron chi connectivity index (χ2n) is 3.49. The summed E-state index contributed by atoms with van der Waals surface area (Å²) in [5.74, 6) is -1.93. The monoisotopic (exact) mass is 259 g/mol. The summed E-state index contributed by atoms with van der Waals surface area (Å²) in [6.07, 6.45) is 0. The number of methoxy groups -OCH3 is 1. The van der Waals surface area contributed by atoms with Crippen molar-refractivity contribution in [1.82, 2.24) is 16.0 Å². The summed E-state index contributed by atoms with van der Waals surface area (Å²) in [5, 5.41) is 6.94. The number of esters is 1.